The zero-order valence-corrected chi connectivity index (χ0v) is 14.3. The van der Waals surface area contributed by atoms with Gasteiger partial charge in [0.25, 0.3) is 0 Å². The van der Waals surface area contributed by atoms with Gasteiger partial charge in [-0.25, -0.2) is 9.97 Å². The quantitative estimate of drug-likeness (QED) is 0.761. The second kappa shape index (κ2) is 7.54. The number of hydrogen-bond donors (Lipinski definition) is 1. The monoisotopic (exact) mass is 329 g/mol. The Morgan fingerprint density at radius 3 is 2.72 bits per heavy atom. The SMILES string of the molecule is CCc1cc(NC(C)c2cccc(C#N)c2)nc(-c2ccccn2)n1. The Hall–Kier alpha value is -3.26. The lowest BCUT2D eigenvalue weighted by Gasteiger charge is -2.16. The van der Waals surface area contributed by atoms with Crippen molar-refractivity contribution in [1.29, 1.82) is 5.26 Å². The number of aryl methyl sites for hydroxylation is 1. The maximum Gasteiger partial charge on any atom is 0.180 e. The number of anilines is 1. The topological polar surface area (TPSA) is 74.5 Å². The van der Waals surface area contributed by atoms with E-state index < -0.39 is 0 Å². The zero-order chi connectivity index (χ0) is 17.6. The van der Waals surface area contributed by atoms with Crippen LogP contribution in [0.4, 0.5) is 5.82 Å². The van der Waals surface area contributed by atoms with Crippen LogP contribution in [-0.2, 0) is 6.42 Å². The summed E-state index contributed by atoms with van der Waals surface area (Å²) in [6.45, 7) is 4.11. The van der Waals surface area contributed by atoms with E-state index in [1.54, 1.807) is 12.3 Å². The smallest absolute Gasteiger partial charge is 0.180 e. The van der Waals surface area contributed by atoms with E-state index in [4.69, 9.17) is 5.26 Å². The average Bonchev–Trinajstić information content (AvgIpc) is 2.68. The molecule has 2 heterocycles. The molecule has 2 aromatic heterocycles. The van der Waals surface area contributed by atoms with Crippen LogP contribution in [0.15, 0.2) is 54.7 Å². The van der Waals surface area contributed by atoms with Gasteiger partial charge in [-0.15, -0.1) is 0 Å². The van der Waals surface area contributed by atoms with Crippen LogP contribution < -0.4 is 5.32 Å². The molecule has 0 fully saturated rings. The first-order chi connectivity index (χ1) is 12.2. The van der Waals surface area contributed by atoms with Gasteiger partial charge in [0.15, 0.2) is 5.82 Å². The van der Waals surface area contributed by atoms with Crippen molar-refractivity contribution in [3.63, 3.8) is 0 Å². The highest BCUT2D eigenvalue weighted by Gasteiger charge is 2.11. The van der Waals surface area contributed by atoms with Gasteiger partial charge in [0.05, 0.1) is 11.6 Å². The lowest BCUT2D eigenvalue weighted by Crippen LogP contribution is -2.10. The Balaban J connectivity index is 1.90. The predicted octanol–water partition coefficient (Wildman–Crippen LogP) is 4.15. The molecule has 5 heteroatoms. The normalized spacial score (nSPS) is 11.6. The summed E-state index contributed by atoms with van der Waals surface area (Å²) in [6, 6.07) is 17.4. The molecule has 5 nitrogen and oxygen atoms in total. The molecule has 0 saturated carbocycles. The third-order valence-corrected chi connectivity index (χ3v) is 3.92. The van der Waals surface area contributed by atoms with E-state index in [0.29, 0.717) is 11.4 Å². The van der Waals surface area contributed by atoms with Gasteiger partial charge >= 0.3 is 0 Å². The minimum absolute atomic E-state index is 0.0180. The van der Waals surface area contributed by atoms with E-state index in [1.807, 2.05) is 49.4 Å². The lowest BCUT2D eigenvalue weighted by atomic mass is 10.1. The van der Waals surface area contributed by atoms with Crippen molar-refractivity contribution in [3.05, 3.63) is 71.5 Å². The molecular formula is C20H19N5. The lowest BCUT2D eigenvalue weighted by molar-refractivity contribution is 0.867. The molecule has 3 aromatic rings. The van der Waals surface area contributed by atoms with Crippen molar-refractivity contribution in [2.45, 2.75) is 26.3 Å². The molecule has 1 aromatic carbocycles. The first kappa shape index (κ1) is 16.6. The summed E-state index contributed by atoms with van der Waals surface area (Å²) in [7, 11) is 0. The molecule has 0 aliphatic rings. The highest BCUT2D eigenvalue weighted by Crippen LogP contribution is 2.22. The molecule has 0 aliphatic carbocycles. The fourth-order valence-corrected chi connectivity index (χ4v) is 2.54. The van der Waals surface area contributed by atoms with E-state index in [2.05, 4.69) is 33.3 Å². The maximum atomic E-state index is 9.07. The van der Waals surface area contributed by atoms with Crippen LogP contribution in [0.5, 0.6) is 0 Å². The van der Waals surface area contributed by atoms with Gasteiger partial charge in [-0.05, 0) is 43.2 Å². The largest absolute Gasteiger partial charge is 0.363 e. The summed E-state index contributed by atoms with van der Waals surface area (Å²) >= 11 is 0. The second-order valence-electron chi connectivity index (χ2n) is 5.74. The molecule has 25 heavy (non-hydrogen) atoms. The van der Waals surface area contributed by atoms with E-state index in [-0.39, 0.29) is 6.04 Å². The highest BCUT2D eigenvalue weighted by atomic mass is 15.1. The number of pyridine rings is 1. The van der Waals surface area contributed by atoms with Crippen molar-refractivity contribution < 1.29 is 0 Å². The number of aromatic nitrogens is 3. The summed E-state index contributed by atoms with van der Waals surface area (Å²) in [5, 5.41) is 12.5. The van der Waals surface area contributed by atoms with Gasteiger partial charge in [-0.1, -0.05) is 25.1 Å². The van der Waals surface area contributed by atoms with Crippen LogP contribution in [0.25, 0.3) is 11.5 Å². The fraction of sp³-hybridized carbons (Fsp3) is 0.200. The number of hydrogen-bond acceptors (Lipinski definition) is 5. The third-order valence-electron chi connectivity index (χ3n) is 3.92. The standard InChI is InChI=1S/C20H19N5/c1-3-17-12-19(25-20(24-17)18-9-4-5-10-22-18)23-14(2)16-8-6-7-15(11-16)13-21/h4-12,14H,3H2,1-2H3,(H,23,24,25). The van der Waals surface area contributed by atoms with Crippen LogP contribution in [-0.4, -0.2) is 15.0 Å². The van der Waals surface area contributed by atoms with Gasteiger partial charge in [0.2, 0.25) is 0 Å². The van der Waals surface area contributed by atoms with Crippen LogP contribution in [0.2, 0.25) is 0 Å². The summed E-state index contributed by atoms with van der Waals surface area (Å²) < 4.78 is 0. The fourth-order valence-electron chi connectivity index (χ4n) is 2.54. The molecule has 1 atom stereocenters. The minimum atomic E-state index is 0.0180. The second-order valence-corrected chi connectivity index (χ2v) is 5.74. The summed E-state index contributed by atoms with van der Waals surface area (Å²) in [5.74, 6) is 1.36. The van der Waals surface area contributed by atoms with Crippen molar-refractivity contribution >= 4 is 5.82 Å². The first-order valence-corrected chi connectivity index (χ1v) is 8.25. The number of nitriles is 1. The molecule has 0 amide bonds. The number of rotatable bonds is 5. The van der Waals surface area contributed by atoms with Crippen LogP contribution in [0.1, 0.15) is 36.7 Å². The molecule has 1 N–H and O–H groups in total. The van der Waals surface area contributed by atoms with E-state index in [1.165, 1.54) is 0 Å². The zero-order valence-electron chi connectivity index (χ0n) is 14.3. The Bertz CT molecular complexity index is 899. The number of nitrogens with zero attached hydrogens (tertiary/aromatic N) is 4. The summed E-state index contributed by atoms with van der Waals surface area (Å²) in [6.07, 6.45) is 2.55. The molecule has 0 saturated heterocycles. The van der Waals surface area contributed by atoms with Crippen molar-refractivity contribution in [1.82, 2.24) is 15.0 Å². The van der Waals surface area contributed by atoms with Gasteiger partial charge in [-0.3, -0.25) is 4.98 Å². The van der Waals surface area contributed by atoms with Crippen LogP contribution in [0, 0.1) is 11.3 Å². The summed E-state index contributed by atoms with van der Waals surface area (Å²) in [4.78, 5) is 13.5. The molecule has 0 aliphatic heterocycles. The maximum absolute atomic E-state index is 9.07. The Labute approximate surface area is 147 Å². The van der Waals surface area contributed by atoms with Gasteiger partial charge in [0, 0.05) is 24.0 Å². The van der Waals surface area contributed by atoms with E-state index >= 15 is 0 Å². The Kier molecular flexibility index (Phi) is 5.00. The van der Waals surface area contributed by atoms with E-state index in [9.17, 15) is 0 Å². The molecule has 0 spiro atoms. The highest BCUT2D eigenvalue weighted by molar-refractivity contribution is 5.53. The molecule has 3 rings (SSSR count). The van der Waals surface area contributed by atoms with Crippen molar-refractivity contribution in [2.24, 2.45) is 0 Å². The first-order valence-electron chi connectivity index (χ1n) is 8.25. The molecule has 0 bridgehead atoms. The van der Waals surface area contributed by atoms with E-state index in [0.717, 1.165) is 29.2 Å². The van der Waals surface area contributed by atoms with Crippen molar-refractivity contribution in [2.75, 3.05) is 5.32 Å². The minimum Gasteiger partial charge on any atom is -0.363 e. The average molecular weight is 329 g/mol. The molecule has 0 radical (unpaired) electrons. The Morgan fingerprint density at radius 2 is 2.00 bits per heavy atom. The van der Waals surface area contributed by atoms with Gasteiger partial charge in [-0.2, -0.15) is 5.26 Å². The van der Waals surface area contributed by atoms with Crippen LogP contribution >= 0.6 is 0 Å². The van der Waals surface area contributed by atoms with Gasteiger partial charge in [0.1, 0.15) is 11.5 Å². The van der Waals surface area contributed by atoms with Crippen molar-refractivity contribution in [3.8, 4) is 17.6 Å². The molecule has 1 unspecified atom stereocenters. The summed E-state index contributed by atoms with van der Waals surface area (Å²) in [5.41, 5.74) is 3.39. The number of nitrogens with one attached hydrogen (secondary N) is 1. The molecule has 124 valence electrons. The molecular weight excluding hydrogens is 310 g/mol. The third kappa shape index (κ3) is 3.99. The Morgan fingerprint density at radius 1 is 1.12 bits per heavy atom. The van der Waals surface area contributed by atoms with Crippen LogP contribution in [0.3, 0.4) is 0 Å². The number of benzene rings is 1. The van der Waals surface area contributed by atoms with Gasteiger partial charge < -0.3 is 5.32 Å². The predicted molar refractivity (Wildman–Crippen MR) is 97.8 cm³/mol.